The van der Waals surface area contributed by atoms with Crippen LogP contribution in [0, 0.1) is 12.7 Å². The minimum Gasteiger partial charge on any atom is -0.495 e. The Hall–Kier alpha value is -3.92. The molecule has 0 bridgehead atoms. The van der Waals surface area contributed by atoms with Gasteiger partial charge in [-0.3, -0.25) is 13.9 Å². The molecular weight excluding hydrogens is 545 g/mol. The molecule has 3 aromatic carbocycles. The Bertz CT molecular complexity index is 1430. The van der Waals surface area contributed by atoms with E-state index in [1.807, 2.05) is 20.8 Å². The highest BCUT2D eigenvalue weighted by Crippen LogP contribution is 2.33. The highest BCUT2D eigenvalue weighted by atomic mass is 32.2. The number of halogens is 1. The first kappa shape index (κ1) is 31.6. The van der Waals surface area contributed by atoms with E-state index in [2.05, 4.69) is 5.32 Å². The van der Waals surface area contributed by atoms with Crippen molar-refractivity contribution in [1.29, 1.82) is 0 Å². The molecule has 3 aromatic rings. The monoisotopic (exact) mass is 583 g/mol. The summed E-state index contributed by atoms with van der Waals surface area (Å²) in [6.07, 6.45) is 0.985. The van der Waals surface area contributed by atoms with Crippen molar-refractivity contribution >= 4 is 27.5 Å². The molecule has 0 aromatic heterocycles. The molecule has 2 unspecified atom stereocenters. The third kappa shape index (κ3) is 7.85. The Morgan fingerprint density at radius 3 is 2.22 bits per heavy atom. The van der Waals surface area contributed by atoms with Gasteiger partial charge in [-0.15, -0.1) is 0 Å². The van der Waals surface area contributed by atoms with Crippen molar-refractivity contribution in [2.24, 2.45) is 0 Å². The molecule has 2 amide bonds. The number of benzene rings is 3. The van der Waals surface area contributed by atoms with Gasteiger partial charge in [-0.1, -0.05) is 50.2 Å². The van der Waals surface area contributed by atoms with E-state index in [4.69, 9.17) is 4.74 Å². The second-order valence-corrected chi connectivity index (χ2v) is 11.8. The van der Waals surface area contributed by atoms with Gasteiger partial charge in [0.2, 0.25) is 11.8 Å². The SMILES string of the molecule is CCC(C)NC(=O)C(CC)N(Cc1ccc(F)cc1)C(=O)CN(c1cc(C)ccc1OC)S(=O)(=O)c1ccccc1. The number of hydrogen-bond acceptors (Lipinski definition) is 5. The average molecular weight is 584 g/mol. The number of amides is 2. The number of sulfonamides is 1. The molecule has 8 nitrogen and oxygen atoms in total. The molecular formula is C31H38FN3O5S. The minimum atomic E-state index is -4.23. The van der Waals surface area contributed by atoms with Crippen molar-refractivity contribution in [3.63, 3.8) is 0 Å². The number of methoxy groups -OCH3 is 1. The van der Waals surface area contributed by atoms with Gasteiger partial charge >= 0.3 is 0 Å². The van der Waals surface area contributed by atoms with Gasteiger partial charge in [0, 0.05) is 12.6 Å². The first-order valence-corrected chi connectivity index (χ1v) is 15.0. The van der Waals surface area contributed by atoms with Crippen LogP contribution in [-0.4, -0.2) is 50.9 Å². The van der Waals surface area contributed by atoms with E-state index in [9.17, 15) is 22.4 Å². The summed E-state index contributed by atoms with van der Waals surface area (Å²) in [5, 5.41) is 2.93. The second-order valence-electron chi connectivity index (χ2n) is 9.89. The average Bonchev–Trinajstić information content (AvgIpc) is 2.96. The standard InChI is InChI=1S/C31H38FN3O5S/c1-6-23(4)33-31(37)27(7-2)34(20-24-14-16-25(32)17-15-24)30(36)21-35(28-19-22(3)13-18-29(28)40-5)41(38,39)26-11-9-8-10-12-26/h8-19,23,27H,6-7,20-21H2,1-5H3,(H,33,37). The van der Waals surface area contributed by atoms with Crippen LogP contribution < -0.4 is 14.4 Å². The van der Waals surface area contributed by atoms with Crippen molar-refractivity contribution in [1.82, 2.24) is 10.2 Å². The summed E-state index contributed by atoms with van der Waals surface area (Å²) >= 11 is 0. The van der Waals surface area contributed by atoms with E-state index >= 15 is 0 Å². The number of ether oxygens (including phenoxy) is 1. The van der Waals surface area contributed by atoms with E-state index in [0.29, 0.717) is 12.0 Å². The lowest BCUT2D eigenvalue weighted by Crippen LogP contribution is -2.53. The van der Waals surface area contributed by atoms with E-state index in [0.717, 1.165) is 9.87 Å². The first-order chi connectivity index (χ1) is 19.5. The lowest BCUT2D eigenvalue weighted by molar-refractivity contribution is -0.140. The molecule has 10 heteroatoms. The van der Waals surface area contributed by atoms with Gasteiger partial charge in [0.05, 0.1) is 17.7 Å². The number of nitrogens with zero attached hydrogens (tertiary/aromatic N) is 2. The van der Waals surface area contributed by atoms with Crippen LogP contribution in [0.4, 0.5) is 10.1 Å². The molecule has 1 N–H and O–H groups in total. The zero-order chi connectivity index (χ0) is 30.2. The molecule has 0 aliphatic rings. The van der Waals surface area contributed by atoms with Crippen LogP contribution >= 0.6 is 0 Å². The summed E-state index contributed by atoms with van der Waals surface area (Å²) in [5.41, 5.74) is 1.56. The predicted molar refractivity (Wildman–Crippen MR) is 158 cm³/mol. The minimum absolute atomic E-state index is 0.00278. The molecule has 3 rings (SSSR count). The number of hydrogen-bond donors (Lipinski definition) is 1. The third-order valence-electron chi connectivity index (χ3n) is 6.87. The van der Waals surface area contributed by atoms with Crippen LogP contribution in [0.3, 0.4) is 0 Å². The Kier molecular flexibility index (Phi) is 10.9. The Labute approximate surface area is 242 Å². The largest absolute Gasteiger partial charge is 0.495 e. The topological polar surface area (TPSA) is 96.0 Å². The predicted octanol–water partition coefficient (Wildman–Crippen LogP) is 5.06. The van der Waals surface area contributed by atoms with E-state index in [1.54, 1.807) is 43.3 Å². The van der Waals surface area contributed by atoms with Crippen LogP contribution in [0.1, 0.15) is 44.7 Å². The quantitative estimate of drug-likeness (QED) is 0.304. The maximum absolute atomic E-state index is 14.1. The third-order valence-corrected chi connectivity index (χ3v) is 8.64. The summed E-state index contributed by atoms with van der Waals surface area (Å²) in [6.45, 7) is 6.80. The van der Waals surface area contributed by atoms with Crippen molar-refractivity contribution in [2.75, 3.05) is 18.0 Å². The first-order valence-electron chi connectivity index (χ1n) is 13.6. The Morgan fingerprint density at radius 2 is 1.63 bits per heavy atom. The fourth-order valence-corrected chi connectivity index (χ4v) is 5.81. The fraction of sp³-hybridized carbons (Fsp3) is 0.355. The molecule has 0 aliphatic heterocycles. The summed E-state index contributed by atoms with van der Waals surface area (Å²) in [6, 6.07) is 17.5. The molecule has 0 radical (unpaired) electrons. The van der Waals surface area contributed by atoms with Gasteiger partial charge in [-0.2, -0.15) is 0 Å². The fourth-order valence-electron chi connectivity index (χ4n) is 4.38. The van der Waals surface area contributed by atoms with Gasteiger partial charge in [-0.25, -0.2) is 12.8 Å². The molecule has 220 valence electrons. The summed E-state index contributed by atoms with van der Waals surface area (Å²) in [5.74, 6) is -1.10. The van der Waals surface area contributed by atoms with Crippen LogP contribution in [0.5, 0.6) is 5.75 Å². The highest BCUT2D eigenvalue weighted by molar-refractivity contribution is 7.92. The molecule has 41 heavy (non-hydrogen) atoms. The van der Waals surface area contributed by atoms with Gasteiger partial charge in [0.1, 0.15) is 24.2 Å². The molecule has 0 aliphatic carbocycles. The molecule has 0 fully saturated rings. The number of carbonyl (C=O) groups excluding carboxylic acids is 2. The molecule has 0 spiro atoms. The van der Waals surface area contributed by atoms with Gasteiger partial charge in [-0.05, 0) is 74.2 Å². The maximum Gasteiger partial charge on any atom is 0.264 e. The van der Waals surface area contributed by atoms with Crippen molar-refractivity contribution in [3.05, 3.63) is 89.7 Å². The zero-order valence-corrected chi connectivity index (χ0v) is 24.9. The van der Waals surface area contributed by atoms with Crippen LogP contribution in [-0.2, 0) is 26.2 Å². The van der Waals surface area contributed by atoms with E-state index < -0.39 is 34.3 Å². The molecule has 2 atom stereocenters. The second kappa shape index (κ2) is 14.1. The number of rotatable bonds is 13. The van der Waals surface area contributed by atoms with Crippen LogP contribution in [0.15, 0.2) is 77.7 Å². The number of anilines is 1. The van der Waals surface area contributed by atoms with Crippen molar-refractivity contribution in [3.8, 4) is 5.75 Å². The Morgan fingerprint density at radius 1 is 0.976 bits per heavy atom. The summed E-state index contributed by atoms with van der Waals surface area (Å²) in [4.78, 5) is 28.8. The molecule has 0 saturated carbocycles. The van der Waals surface area contributed by atoms with Crippen molar-refractivity contribution in [2.45, 2.75) is 64.1 Å². The number of carbonyl (C=O) groups is 2. The van der Waals surface area contributed by atoms with Gasteiger partial charge in [0.25, 0.3) is 10.0 Å². The summed E-state index contributed by atoms with van der Waals surface area (Å²) < 4.78 is 48.2. The normalized spacial score (nSPS) is 12.7. The smallest absolute Gasteiger partial charge is 0.264 e. The lowest BCUT2D eigenvalue weighted by Gasteiger charge is -2.34. The summed E-state index contributed by atoms with van der Waals surface area (Å²) in [7, 11) is -2.80. The van der Waals surface area contributed by atoms with Crippen molar-refractivity contribution < 1.29 is 27.1 Å². The molecule has 0 heterocycles. The van der Waals surface area contributed by atoms with Crippen LogP contribution in [0.2, 0.25) is 0 Å². The molecule has 0 saturated heterocycles. The Balaban J connectivity index is 2.11. The van der Waals surface area contributed by atoms with Crippen LogP contribution in [0.25, 0.3) is 0 Å². The highest BCUT2D eigenvalue weighted by Gasteiger charge is 2.35. The number of aryl methyl sites for hydroxylation is 1. The van der Waals surface area contributed by atoms with Gasteiger partial charge in [0.15, 0.2) is 0 Å². The van der Waals surface area contributed by atoms with Gasteiger partial charge < -0.3 is 15.0 Å². The van der Waals surface area contributed by atoms with E-state index in [-0.39, 0.29) is 41.2 Å². The lowest BCUT2D eigenvalue weighted by atomic mass is 10.1. The maximum atomic E-state index is 14.1. The number of nitrogens with one attached hydrogen (secondary N) is 1. The van der Waals surface area contributed by atoms with E-state index in [1.165, 1.54) is 48.4 Å². The zero-order valence-electron chi connectivity index (χ0n) is 24.1.